The largest absolute Gasteiger partial charge is 0.481 e. The average Bonchev–Trinajstić information content (AvgIpc) is 3.61. The maximum atomic E-state index is 14.0. The molecule has 2 N–H and O–H groups in total. The Morgan fingerprint density at radius 1 is 0.918 bits per heavy atom. The molecule has 0 spiro atoms. The number of nitrogens with one attached hydrogen (secondary N) is 1. The first kappa shape index (κ1) is 36.4. The highest BCUT2D eigenvalue weighted by Crippen LogP contribution is 2.40. The SMILES string of the molecule is CC[C@@H]1CC(N(Cc2cc(C(F)(F)F)cc(C(F)(F)F)c2)c2ncc(C3C=NNC3)cn2)C[C@H](CC)N1C(=O)C1CCC(CC(=O)O)CC1. The number of carbonyl (C=O) groups is 2. The zero-order valence-corrected chi connectivity index (χ0v) is 27.5. The summed E-state index contributed by atoms with van der Waals surface area (Å²) in [5.74, 6) is -0.913. The van der Waals surface area contributed by atoms with Crippen LogP contribution in [0.1, 0.15) is 99.8 Å². The van der Waals surface area contributed by atoms with Crippen LogP contribution in [0.2, 0.25) is 0 Å². The van der Waals surface area contributed by atoms with Crippen molar-refractivity contribution >= 4 is 24.0 Å². The van der Waals surface area contributed by atoms with E-state index in [1.54, 1.807) is 23.5 Å². The summed E-state index contributed by atoms with van der Waals surface area (Å²) in [6, 6.07) is 0.742. The minimum Gasteiger partial charge on any atom is -0.481 e. The molecule has 9 nitrogen and oxygen atoms in total. The van der Waals surface area contributed by atoms with E-state index in [2.05, 4.69) is 20.5 Å². The van der Waals surface area contributed by atoms with Crippen molar-refractivity contribution in [2.24, 2.45) is 16.9 Å². The topological polar surface area (TPSA) is 111 Å². The van der Waals surface area contributed by atoms with E-state index in [1.165, 1.54) is 0 Å². The van der Waals surface area contributed by atoms with Crippen LogP contribution < -0.4 is 10.3 Å². The van der Waals surface area contributed by atoms with E-state index in [1.807, 2.05) is 18.7 Å². The van der Waals surface area contributed by atoms with E-state index >= 15 is 0 Å². The number of carboxylic acid groups (broad SMARTS) is 1. The smallest absolute Gasteiger partial charge is 0.416 e. The number of aliphatic carboxylic acids is 1. The van der Waals surface area contributed by atoms with Crippen molar-refractivity contribution in [1.29, 1.82) is 0 Å². The van der Waals surface area contributed by atoms with Crippen molar-refractivity contribution in [3.8, 4) is 0 Å². The first-order valence-electron chi connectivity index (χ1n) is 16.8. The molecule has 1 amide bonds. The molecule has 2 unspecified atom stereocenters. The van der Waals surface area contributed by atoms with Crippen molar-refractivity contribution in [2.75, 3.05) is 11.4 Å². The number of hydrogen-bond donors (Lipinski definition) is 2. The third-order valence-corrected chi connectivity index (χ3v) is 10.2. The highest BCUT2D eigenvalue weighted by Gasteiger charge is 2.43. The summed E-state index contributed by atoms with van der Waals surface area (Å²) in [5.41, 5.74) is 0.654. The zero-order chi connectivity index (χ0) is 35.5. The molecule has 3 aliphatic rings. The fourth-order valence-electron chi connectivity index (χ4n) is 7.55. The number of anilines is 1. The Bertz CT molecular complexity index is 1450. The normalized spacial score (nSPS) is 26.0. The number of benzene rings is 1. The van der Waals surface area contributed by atoms with Crippen LogP contribution in [-0.4, -0.2) is 62.7 Å². The Labute approximate surface area is 281 Å². The Balaban J connectivity index is 1.45. The van der Waals surface area contributed by atoms with E-state index in [0.29, 0.717) is 57.9 Å². The van der Waals surface area contributed by atoms with Crippen LogP contribution in [-0.2, 0) is 28.5 Å². The van der Waals surface area contributed by atoms with Crippen LogP contribution >= 0.6 is 0 Å². The van der Waals surface area contributed by atoms with E-state index in [0.717, 1.165) is 17.7 Å². The van der Waals surface area contributed by atoms with Gasteiger partial charge in [-0.05, 0) is 86.6 Å². The molecule has 268 valence electrons. The van der Waals surface area contributed by atoms with Gasteiger partial charge in [-0.25, -0.2) is 9.97 Å². The molecule has 0 radical (unpaired) electrons. The molecule has 4 atom stereocenters. The second kappa shape index (κ2) is 14.9. The lowest BCUT2D eigenvalue weighted by molar-refractivity contribution is -0.145. The predicted molar refractivity (Wildman–Crippen MR) is 170 cm³/mol. The van der Waals surface area contributed by atoms with Gasteiger partial charge in [0.25, 0.3) is 0 Å². The van der Waals surface area contributed by atoms with Crippen LogP contribution in [0.25, 0.3) is 0 Å². The lowest BCUT2D eigenvalue weighted by atomic mass is 9.78. The maximum Gasteiger partial charge on any atom is 0.416 e. The van der Waals surface area contributed by atoms with E-state index in [9.17, 15) is 41.0 Å². The second-order valence-corrected chi connectivity index (χ2v) is 13.4. The summed E-state index contributed by atoms with van der Waals surface area (Å²) >= 11 is 0. The van der Waals surface area contributed by atoms with Crippen LogP contribution in [0.15, 0.2) is 35.7 Å². The molecule has 1 saturated carbocycles. The van der Waals surface area contributed by atoms with E-state index in [-0.39, 0.29) is 66.3 Å². The predicted octanol–water partition coefficient (Wildman–Crippen LogP) is 7.02. The highest BCUT2D eigenvalue weighted by molar-refractivity contribution is 5.80. The minimum absolute atomic E-state index is 0.0256. The van der Waals surface area contributed by atoms with Crippen LogP contribution in [0.4, 0.5) is 32.3 Å². The molecular weight excluding hydrogens is 654 g/mol. The molecule has 5 rings (SSSR count). The molecular formula is C34H42F6N6O3. The molecule has 15 heteroatoms. The summed E-state index contributed by atoms with van der Waals surface area (Å²) in [5, 5.41) is 13.2. The van der Waals surface area contributed by atoms with Gasteiger partial charge in [-0.15, -0.1) is 0 Å². The van der Waals surface area contributed by atoms with Crippen LogP contribution in [0.3, 0.4) is 0 Å². The number of amides is 1. The van der Waals surface area contributed by atoms with Gasteiger partial charge in [0.2, 0.25) is 11.9 Å². The van der Waals surface area contributed by atoms with Crippen molar-refractivity contribution in [2.45, 2.75) is 115 Å². The average molecular weight is 697 g/mol. The van der Waals surface area contributed by atoms with Crippen molar-refractivity contribution in [1.82, 2.24) is 20.3 Å². The number of nitrogens with zero attached hydrogens (tertiary/aromatic N) is 5. The number of halogens is 6. The van der Waals surface area contributed by atoms with Gasteiger partial charge in [-0.1, -0.05) is 13.8 Å². The monoisotopic (exact) mass is 696 g/mol. The van der Waals surface area contributed by atoms with Crippen LogP contribution in [0, 0.1) is 11.8 Å². The van der Waals surface area contributed by atoms with Crippen molar-refractivity contribution in [3.63, 3.8) is 0 Å². The van der Waals surface area contributed by atoms with E-state index < -0.39 is 35.5 Å². The molecule has 49 heavy (non-hydrogen) atoms. The molecule has 1 saturated heterocycles. The van der Waals surface area contributed by atoms with Gasteiger partial charge in [0.1, 0.15) is 0 Å². The molecule has 1 aliphatic carbocycles. The number of aromatic nitrogens is 2. The van der Waals surface area contributed by atoms with Crippen molar-refractivity contribution < 1.29 is 41.0 Å². The zero-order valence-electron chi connectivity index (χ0n) is 27.5. The van der Waals surface area contributed by atoms with E-state index in [4.69, 9.17) is 0 Å². The van der Waals surface area contributed by atoms with Gasteiger partial charge in [-0.2, -0.15) is 31.4 Å². The molecule has 2 aromatic rings. The fourth-order valence-corrected chi connectivity index (χ4v) is 7.55. The molecule has 2 fully saturated rings. The second-order valence-electron chi connectivity index (χ2n) is 13.4. The number of piperidine rings is 1. The Hall–Kier alpha value is -3.91. The van der Waals surface area contributed by atoms with Gasteiger partial charge in [0, 0.05) is 68.1 Å². The lowest BCUT2D eigenvalue weighted by Crippen LogP contribution is -2.58. The standard InChI is InChI=1S/C34H42F6N6O3/c1-3-27-13-29(14-28(4-2)46(27)31(49)22-7-5-20(6-8-22)11-30(47)48)45(32-41-15-23(16-42-32)24-17-43-44-18-24)19-21-9-25(33(35,36)37)12-26(10-21)34(38,39)40/h9-10,12,15-17,20,22,24,27-29,44H,3-8,11,13-14,18-19H2,1-2H3,(H,47,48)/t20?,22?,24?,27-,28+,29?. The quantitative estimate of drug-likeness (QED) is 0.257. The van der Waals surface area contributed by atoms with Crippen molar-refractivity contribution in [3.05, 3.63) is 52.8 Å². The summed E-state index contributed by atoms with van der Waals surface area (Å²) < 4.78 is 82.8. The molecule has 1 aromatic heterocycles. The molecule has 0 bridgehead atoms. The highest BCUT2D eigenvalue weighted by atomic mass is 19.4. The molecule has 2 aliphatic heterocycles. The number of alkyl halides is 6. The van der Waals surface area contributed by atoms with Gasteiger partial charge < -0.3 is 20.3 Å². The summed E-state index contributed by atoms with van der Waals surface area (Å²) in [4.78, 5) is 38.0. The summed E-state index contributed by atoms with van der Waals surface area (Å²) in [7, 11) is 0. The first-order chi connectivity index (χ1) is 23.2. The van der Waals surface area contributed by atoms with Gasteiger partial charge in [0.15, 0.2) is 0 Å². The Kier molecular flexibility index (Phi) is 11.1. The number of carbonyl (C=O) groups excluding carboxylic acids is 1. The number of likely N-dealkylation sites (tertiary alicyclic amines) is 1. The minimum atomic E-state index is -4.99. The third-order valence-electron chi connectivity index (χ3n) is 10.2. The Morgan fingerprint density at radius 3 is 1.96 bits per heavy atom. The van der Waals surface area contributed by atoms with Gasteiger partial charge in [-0.3, -0.25) is 9.59 Å². The maximum absolute atomic E-state index is 14.0. The molecule has 1 aromatic carbocycles. The summed E-state index contributed by atoms with van der Waals surface area (Å²) in [6.07, 6.45) is -0.436. The van der Waals surface area contributed by atoms with Gasteiger partial charge >= 0.3 is 18.3 Å². The fraction of sp³-hybridized carbons (Fsp3) is 0.618. The van der Waals surface area contributed by atoms with Crippen LogP contribution in [0.5, 0.6) is 0 Å². The van der Waals surface area contributed by atoms with Gasteiger partial charge in [0.05, 0.1) is 11.1 Å². The first-order valence-corrected chi connectivity index (χ1v) is 16.8. The third kappa shape index (κ3) is 8.64. The number of hydrazone groups is 1. The molecule has 3 heterocycles. The number of carboxylic acids is 1. The number of rotatable bonds is 10. The lowest BCUT2D eigenvalue weighted by Gasteiger charge is -2.49. The number of hydrogen-bond acceptors (Lipinski definition) is 7. The Morgan fingerprint density at radius 2 is 1.49 bits per heavy atom. The summed E-state index contributed by atoms with van der Waals surface area (Å²) in [6.45, 7) is 4.15.